The van der Waals surface area contributed by atoms with E-state index in [9.17, 15) is 0 Å². The number of rotatable bonds is 3. The number of hydrogen-bond acceptors (Lipinski definition) is 5. The van der Waals surface area contributed by atoms with Crippen LogP contribution in [0.4, 0.5) is 0 Å². The molecular formula is C23H29N4O2+. The van der Waals surface area contributed by atoms with Crippen LogP contribution in [0.2, 0.25) is 0 Å². The molecule has 1 saturated heterocycles. The number of likely N-dealkylation sites (tertiary alicyclic amines) is 1. The lowest BCUT2D eigenvalue weighted by molar-refractivity contribution is -0.929. The number of methoxy groups -OCH3 is 1. The summed E-state index contributed by atoms with van der Waals surface area (Å²) in [6.45, 7) is 6.78. The number of piperidine rings is 1. The Morgan fingerprint density at radius 2 is 2.07 bits per heavy atom. The first-order chi connectivity index (χ1) is 14.1. The fraction of sp³-hybridized carbons (Fsp3) is 0.435. The molecule has 0 saturated carbocycles. The molecule has 2 aromatic rings. The van der Waals surface area contributed by atoms with Gasteiger partial charge in [0, 0.05) is 23.5 Å². The Morgan fingerprint density at radius 3 is 2.76 bits per heavy atom. The molecule has 3 aliphatic rings. The lowest BCUT2D eigenvalue weighted by atomic mass is 9.92. The normalized spacial score (nSPS) is 28.3. The molecule has 2 N–H and O–H groups in total. The van der Waals surface area contributed by atoms with E-state index in [-0.39, 0.29) is 11.8 Å². The molecule has 0 radical (unpaired) electrons. The molecule has 3 aliphatic heterocycles. The van der Waals surface area contributed by atoms with Gasteiger partial charge in [0.1, 0.15) is 0 Å². The summed E-state index contributed by atoms with van der Waals surface area (Å²) in [6.07, 6.45) is 7.94. The Hall–Kier alpha value is -2.57. The number of nitrogens with one attached hydrogen (secondary N) is 2. The number of hydrogen-bond donors (Lipinski definition) is 2. The minimum Gasteiger partial charge on any atom is -0.493 e. The third-order valence-corrected chi connectivity index (χ3v) is 6.59. The number of pyridine rings is 1. The van der Waals surface area contributed by atoms with E-state index in [0.717, 1.165) is 54.3 Å². The zero-order chi connectivity index (χ0) is 20.0. The largest absolute Gasteiger partial charge is 0.493 e. The van der Waals surface area contributed by atoms with Crippen molar-refractivity contribution in [2.24, 2.45) is 0 Å². The van der Waals surface area contributed by atoms with Crippen LogP contribution in [0.15, 0.2) is 48.8 Å². The van der Waals surface area contributed by atoms with Crippen molar-refractivity contribution in [1.29, 1.82) is 0 Å². The number of nitrogens with zero attached hydrogens (tertiary/aromatic N) is 2. The third kappa shape index (κ3) is 2.98. The fourth-order valence-corrected chi connectivity index (χ4v) is 4.89. The number of quaternary nitrogens is 1. The molecule has 1 aromatic heterocycles. The van der Waals surface area contributed by atoms with Crippen molar-refractivity contribution in [1.82, 2.24) is 15.4 Å². The topological polar surface area (TPSA) is 51.1 Å². The van der Waals surface area contributed by atoms with Crippen LogP contribution in [0.5, 0.6) is 11.5 Å². The van der Waals surface area contributed by atoms with E-state index in [1.54, 1.807) is 12.0 Å². The van der Waals surface area contributed by atoms with Crippen molar-refractivity contribution in [2.75, 3.05) is 20.2 Å². The van der Waals surface area contributed by atoms with Gasteiger partial charge in [-0.05, 0) is 38.1 Å². The van der Waals surface area contributed by atoms with Gasteiger partial charge >= 0.3 is 0 Å². The van der Waals surface area contributed by atoms with Crippen LogP contribution in [0.1, 0.15) is 43.9 Å². The highest BCUT2D eigenvalue weighted by atomic mass is 16.5. The number of hydrazine groups is 1. The van der Waals surface area contributed by atoms with Crippen LogP contribution in [-0.4, -0.2) is 42.0 Å². The number of para-hydroxylation sites is 1. The van der Waals surface area contributed by atoms with Crippen molar-refractivity contribution < 1.29 is 14.4 Å². The van der Waals surface area contributed by atoms with Crippen molar-refractivity contribution in [3.05, 3.63) is 59.9 Å². The molecule has 1 spiro atoms. The second-order valence-corrected chi connectivity index (χ2v) is 8.49. The fourth-order valence-electron chi connectivity index (χ4n) is 4.89. The van der Waals surface area contributed by atoms with E-state index >= 15 is 0 Å². The monoisotopic (exact) mass is 393 g/mol. The number of benzene rings is 1. The first kappa shape index (κ1) is 18.5. The molecule has 1 fully saturated rings. The average Bonchev–Trinajstić information content (AvgIpc) is 3.21. The van der Waals surface area contributed by atoms with Gasteiger partial charge in [0.05, 0.1) is 50.8 Å². The molecule has 0 bridgehead atoms. The quantitative estimate of drug-likeness (QED) is 0.837. The SMILES string of the molecule is COc1cccc2c1OC1(CC[NH+](C(C)C)CC1)N1NC(c3cccnc3)=C[C@H]21. The molecule has 0 aliphatic carbocycles. The minimum absolute atomic E-state index is 0.102. The first-order valence-electron chi connectivity index (χ1n) is 10.5. The van der Waals surface area contributed by atoms with E-state index in [1.807, 2.05) is 30.6 Å². The van der Waals surface area contributed by atoms with Gasteiger partial charge in [-0.2, -0.15) is 5.01 Å². The molecule has 1 aromatic carbocycles. The van der Waals surface area contributed by atoms with Gasteiger partial charge in [-0.25, -0.2) is 0 Å². The second-order valence-electron chi connectivity index (χ2n) is 8.49. The Morgan fingerprint density at radius 1 is 1.24 bits per heavy atom. The number of aromatic nitrogens is 1. The van der Waals surface area contributed by atoms with Crippen LogP contribution >= 0.6 is 0 Å². The van der Waals surface area contributed by atoms with Crippen molar-refractivity contribution in [3.8, 4) is 11.5 Å². The summed E-state index contributed by atoms with van der Waals surface area (Å²) < 4.78 is 12.5. The van der Waals surface area contributed by atoms with Gasteiger partial charge in [-0.3, -0.25) is 4.98 Å². The average molecular weight is 394 g/mol. The van der Waals surface area contributed by atoms with Crippen LogP contribution in [-0.2, 0) is 0 Å². The summed E-state index contributed by atoms with van der Waals surface area (Å²) in [4.78, 5) is 5.94. The predicted molar refractivity (Wildman–Crippen MR) is 111 cm³/mol. The lowest BCUT2D eigenvalue weighted by Gasteiger charge is -2.51. The van der Waals surface area contributed by atoms with E-state index in [0.29, 0.717) is 6.04 Å². The van der Waals surface area contributed by atoms with Crippen LogP contribution < -0.4 is 19.8 Å². The van der Waals surface area contributed by atoms with Gasteiger partial charge in [-0.15, -0.1) is 0 Å². The van der Waals surface area contributed by atoms with Gasteiger partial charge in [0.2, 0.25) is 0 Å². The highest BCUT2D eigenvalue weighted by Gasteiger charge is 2.53. The number of ether oxygens (including phenoxy) is 2. The Kier molecular flexibility index (Phi) is 4.48. The van der Waals surface area contributed by atoms with E-state index < -0.39 is 0 Å². The van der Waals surface area contributed by atoms with Crippen LogP contribution in [0, 0.1) is 0 Å². The van der Waals surface area contributed by atoms with Crippen molar-refractivity contribution >= 4 is 5.70 Å². The summed E-state index contributed by atoms with van der Waals surface area (Å²) >= 11 is 0. The standard InChI is InChI=1S/C23H28N4O2/c1-16(2)26-12-9-23(10-13-26)27-20(14-19(25-27)17-6-5-11-24-15-17)18-7-4-8-21(28-3)22(18)29-23/h4-8,11,14-16,20,25H,9-10,12-13H2,1-3H3/p+1/t20-/m1/s1. The van der Waals surface area contributed by atoms with Crippen LogP contribution in [0.25, 0.3) is 5.70 Å². The molecule has 5 rings (SSSR count). The van der Waals surface area contributed by atoms with Gasteiger partial charge < -0.3 is 19.8 Å². The maximum atomic E-state index is 6.78. The summed E-state index contributed by atoms with van der Waals surface area (Å²) in [5.41, 5.74) is 6.60. The van der Waals surface area contributed by atoms with Gasteiger partial charge in [0.15, 0.2) is 17.2 Å². The maximum Gasteiger partial charge on any atom is 0.191 e. The molecule has 4 heterocycles. The molecule has 6 nitrogen and oxygen atoms in total. The van der Waals surface area contributed by atoms with Gasteiger partial charge in [0.25, 0.3) is 0 Å². The molecule has 29 heavy (non-hydrogen) atoms. The van der Waals surface area contributed by atoms with E-state index in [2.05, 4.69) is 47.5 Å². The predicted octanol–water partition coefficient (Wildman–Crippen LogP) is 2.17. The third-order valence-electron chi connectivity index (χ3n) is 6.59. The first-order valence-corrected chi connectivity index (χ1v) is 10.5. The van der Waals surface area contributed by atoms with Crippen molar-refractivity contribution in [2.45, 2.75) is 44.5 Å². The smallest absolute Gasteiger partial charge is 0.191 e. The molecule has 6 heteroatoms. The lowest BCUT2D eigenvalue weighted by Crippen LogP contribution is -3.16. The molecule has 0 unspecified atom stereocenters. The summed E-state index contributed by atoms with van der Waals surface area (Å²) in [6, 6.07) is 11.0. The Labute approximate surface area is 172 Å². The maximum absolute atomic E-state index is 6.78. The molecule has 1 atom stereocenters. The molecular weight excluding hydrogens is 364 g/mol. The molecule has 152 valence electrons. The highest BCUT2D eigenvalue weighted by Crippen LogP contribution is 2.50. The van der Waals surface area contributed by atoms with Crippen LogP contribution in [0.3, 0.4) is 0 Å². The Balaban J connectivity index is 1.56. The summed E-state index contributed by atoms with van der Waals surface area (Å²) in [5, 5.41) is 2.33. The highest BCUT2D eigenvalue weighted by molar-refractivity contribution is 5.67. The van der Waals surface area contributed by atoms with E-state index in [1.165, 1.54) is 0 Å². The van der Waals surface area contributed by atoms with E-state index in [4.69, 9.17) is 9.47 Å². The van der Waals surface area contributed by atoms with Gasteiger partial charge in [-0.1, -0.05) is 12.1 Å². The zero-order valence-corrected chi connectivity index (χ0v) is 17.3. The zero-order valence-electron chi connectivity index (χ0n) is 17.3. The second kappa shape index (κ2) is 7.04. The molecule has 0 amide bonds. The summed E-state index contributed by atoms with van der Waals surface area (Å²) in [7, 11) is 1.72. The Bertz CT molecular complexity index is 920. The summed E-state index contributed by atoms with van der Waals surface area (Å²) in [5.74, 6) is 1.69. The number of fused-ring (bicyclic) bond motifs is 4. The van der Waals surface area contributed by atoms with Crippen molar-refractivity contribution in [3.63, 3.8) is 0 Å². The minimum atomic E-state index is -0.384.